The lowest BCUT2D eigenvalue weighted by Crippen LogP contribution is -2.14. The molecule has 2 N–H and O–H groups in total. The Morgan fingerprint density at radius 1 is 0.963 bits per heavy atom. The topological polar surface area (TPSA) is 84.0 Å². The van der Waals surface area contributed by atoms with Crippen molar-refractivity contribution in [1.82, 2.24) is 9.97 Å². The van der Waals surface area contributed by atoms with Crippen molar-refractivity contribution >= 4 is 23.3 Å². The molecule has 0 saturated carbocycles. The number of benzene rings is 2. The normalized spacial score (nSPS) is 10.3. The largest absolute Gasteiger partial charge is 0.350 e. The number of aromatic nitrogens is 2. The first-order chi connectivity index (χ1) is 13.0. The first-order valence-electron chi connectivity index (χ1n) is 8.55. The van der Waals surface area contributed by atoms with Gasteiger partial charge in [0.25, 0.3) is 5.91 Å². The van der Waals surface area contributed by atoms with Gasteiger partial charge in [-0.15, -0.1) is 0 Å². The van der Waals surface area contributed by atoms with Gasteiger partial charge in [0, 0.05) is 30.2 Å². The number of amides is 1. The van der Waals surface area contributed by atoms with Gasteiger partial charge in [0.05, 0.1) is 5.56 Å². The average Bonchev–Trinajstić information content (AvgIpc) is 2.67. The van der Waals surface area contributed by atoms with Crippen LogP contribution in [-0.2, 0) is 6.54 Å². The summed E-state index contributed by atoms with van der Waals surface area (Å²) in [6, 6.07) is 14.9. The predicted octanol–water partition coefficient (Wildman–Crippen LogP) is 3.85. The van der Waals surface area contributed by atoms with Crippen LogP contribution in [-0.4, -0.2) is 21.7 Å². The lowest BCUT2D eigenvalue weighted by atomic mass is 10.1. The van der Waals surface area contributed by atoms with Crippen LogP contribution in [0.4, 0.5) is 11.6 Å². The zero-order chi connectivity index (χ0) is 19.2. The summed E-state index contributed by atoms with van der Waals surface area (Å²) in [5, 5.41) is 5.88. The highest BCUT2D eigenvalue weighted by atomic mass is 16.1. The fourth-order valence-electron chi connectivity index (χ4n) is 2.56. The van der Waals surface area contributed by atoms with Crippen molar-refractivity contribution in [2.45, 2.75) is 20.4 Å². The molecule has 0 saturated heterocycles. The molecule has 27 heavy (non-hydrogen) atoms. The third-order valence-corrected chi connectivity index (χ3v) is 3.97. The monoisotopic (exact) mass is 360 g/mol. The molecule has 2 aromatic carbocycles. The van der Waals surface area contributed by atoms with Gasteiger partial charge >= 0.3 is 0 Å². The van der Waals surface area contributed by atoms with E-state index in [9.17, 15) is 9.59 Å². The third-order valence-electron chi connectivity index (χ3n) is 3.97. The molecule has 0 aliphatic carbocycles. The van der Waals surface area contributed by atoms with Crippen molar-refractivity contribution in [3.8, 4) is 0 Å². The van der Waals surface area contributed by atoms with E-state index in [1.165, 1.54) is 24.9 Å². The van der Waals surface area contributed by atoms with Gasteiger partial charge < -0.3 is 10.6 Å². The average molecular weight is 360 g/mol. The summed E-state index contributed by atoms with van der Waals surface area (Å²) in [7, 11) is 0. The maximum Gasteiger partial charge on any atom is 0.258 e. The van der Waals surface area contributed by atoms with Crippen molar-refractivity contribution in [2.75, 3.05) is 10.6 Å². The Morgan fingerprint density at radius 2 is 1.70 bits per heavy atom. The molecule has 3 aromatic rings. The fourth-order valence-corrected chi connectivity index (χ4v) is 2.56. The van der Waals surface area contributed by atoms with Gasteiger partial charge in [0.1, 0.15) is 0 Å². The highest BCUT2D eigenvalue weighted by molar-refractivity contribution is 6.04. The Morgan fingerprint density at radius 3 is 2.41 bits per heavy atom. The van der Waals surface area contributed by atoms with Crippen LogP contribution in [0.15, 0.2) is 60.9 Å². The van der Waals surface area contributed by atoms with Gasteiger partial charge in [-0.3, -0.25) is 9.59 Å². The SMILES string of the molecule is CC(=O)c1cccc(NC(=O)c2cnc(NCc3cccc(C)c3)nc2)c1. The van der Waals surface area contributed by atoms with E-state index in [-0.39, 0.29) is 11.7 Å². The molecule has 6 heteroatoms. The van der Waals surface area contributed by atoms with Crippen LogP contribution in [0.5, 0.6) is 0 Å². The molecule has 6 nitrogen and oxygen atoms in total. The summed E-state index contributed by atoms with van der Waals surface area (Å²) < 4.78 is 0. The molecule has 1 heterocycles. The number of nitrogens with zero attached hydrogens (tertiary/aromatic N) is 2. The molecular formula is C21H20N4O2. The maximum absolute atomic E-state index is 12.3. The van der Waals surface area contributed by atoms with Gasteiger partial charge in [-0.2, -0.15) is 0 Å². The second-order valence-electron chi connectivity index (χ2n) is 6.23. The number of hydrogen-bond donors (Lipinski definition) is 2. The minimum Gasteiger partial charge on any atom is -0.350 e. The summed E-state index contributed by atoms with van der Waals surface area (Å²) in [5.41, 5.74) is 3.75. The van der Waals surface area contributed by atoms with Crippen LogP contribution in [0.3, 0.4) is 0 Å². The number of carbonyl (C=O) groups is 2. The van der Waals surface area contributed by atoms with Crippen molar-refractivity contribution in [1.29, 1.82) is 0 Å². The summed E-state index contributed by atoms with van der Waals surface area (Å²) in [4.78, 5) is 32.1. The van der Waals surface area contributed by atoms with E-state index in [0.29, 0.717) is 29.3 Å². The van der Waals surface area contributed by atoms with E-state index in [1.807, 2.05) is 25.1 Å². The standard InChI is InChI=1S/C21H20N4O2/c1-14-5-3-6-16(9-14)11-22-21-23-12-18(13-24-21)20(27)25-19-8-4-7-17(10-19)15(2)26/h3-10,12-13H,11H2,1-2H3,(H,25,27)(H,22,23,24). The summed E-state index contributed by atoms with van der Waals surface area (Å²) in [6.45, 7) is 4.13. The molecule has 0 aliphatic heterocycles. The van der Waals surface area contributed by atoms with Gasteiger partial charge in [-0.1, -0.05) is 42.0 Å². The Bertz CT molecular complexity index is 968. The Hall–Kier alpha value is -3.54. The Kier molecular flexibility index (Phi) is 5.56. The van der Waals surface area contributed by atoms with Crippen LogP contribution in [0.1, 0.15) is 38.8 Å². The zero-order valence-corrected chi connectivity index (χ0v) is 15.2. The predicted molar refractivity (Wildman–Crippen MR) is 105 cm³/mol. The number of Topliss-reactive ketones (excluding diaryl/α,β-unsaturated/α-hetero) is 1. The molecule has 0 unspecified atom stereocenters. The quantitative estimate of drug-likeness (QED) is 0.652. The van der Waals surface area contributed by atoms with E-state index < -0.39 is 0 Å². The second-order valence-corrected chi connectivity index (χ2v) is 6.23. The fraction of sp³-hybridized carbons (Fsp3) is 0.143. The molecular weight excluding hydrogens is 340 g/mol. The molecule has 136 valence electrons. The van der Waals surface area contributed by atoms with Crippen LogP contribution >= 0.6 is 0 Å². The minimum atomic E-state index is -0.332. The van der Waals surface area contributed by atoms with E-state index in [4.69, 9.17) is 0 Å². The molecule has 1 aromatic heterocycles. The smallest absolute Gasteiger partial charge is 0.258 e. The molecule has 0 bridgehead atoms. The molecule has 0 aliphatic rings. The Balaban J connectivity index is 1.61. The van der Waals surface area contributed by atoms with Crippen LogP contribution in [0.25, 0.3) is 0 Å². The van der Waals surface area contributed by atoms with Gasteiger partial charge in [0.2, 0.25) is 5.95 Å². The molecule has 1 amide bonds. The number of carbonyl (C=O) groups excluding carboxylic acids is 2. The zero-order valence-electron chi connectivity index (χ0n) is 15.2. The van der Waals surface area contributed by atoms with E-state index in [1.54, 1.807) is 24.3 Å². The first-order valence-corrected chi connectivity index (χ1v) is 8.55. The van der Waals surface area contributed by atoms with Crippen LogP contribution in [0, 0.1) is 6.92 Å². The van der Waals surface area contributed by atoms with E-state index in [2.05, 4.69) is 26.7 Å². The molecule has 3 rings (SSSR count). The summed E-state index contributed by atoms with van der Waals surface area (Å²) in [5.74, 6) is 0.0611. The minimum absolute atomic E-state index is 0.0570. The number of aryl methyl sites for hydroxylation is 1. The second kappa shape index (κ2) is 8.23. The lowest BCUT2D eigenvalue weighted by molar-refractivity contribution is 0.101. The van der Waals surface area contributed by atoms with Gasteiger partial charge in [0.15, 0.2) is 5.78 Å². The maximum atomic E-state index is 12.3. The third kappa shape index (κ3) is 4.98. The van der Waals surface area contributed by atoms with Crippen molar-refractivity contribution in [3.05, 3.63) is 83.2 Å². The molecule has 0 radical (unpaired) electrons. The number of ketones is 1. The van der Waals surface area contributed by atoms with Crippen LogP contribution < -0.4 is 10.6 Å². The van der Waals surface area contributed by atoms with E-state index >= 15 is 0 Å². The number of nitrogens with one attached hydrogen (secondary N) is 2. The van der Waals surface area contributed by atoms with Crippen LogP contribution in [0.2, 0.25) is 0 Å². The first kappa shape index (κ1) is 18.3. The molecule has 0 spiro atoms. The van der Waals surface area contributed by atoms with Crippen molar-refractivity contribution in [2.24, 2.45) is 0 Å². The summed E-state index contributed by atoms with van der Waals surface area (Å²) >= 11 is 0. The highest BCUT2D eigenvalue weighted by Gasteiger charge is 2.09. The molecule has 0 fully saturated rings. The number of rotatable bonds is 6. The van der Waals surface area contributed by atoms with Crippen molar-refractivity contribution in [3.63, 3.8) is 0 Å². The van der Waals surface area contributed by atoms with E-state index in [0.717, 1.165) is 5.56 Å². The van der Waals surface area contributed by atoms with Gasteiger partial charge in [-0.25, -0.2) is 9.97 Å². The van der Waals surface area contributed by atoms with Crippen molar-refractivity contribution < 1.29 is 9.59 Å². The lowest BCUT2D eigenvalue weighted by Gasteiger charge is -2.08. The molecule has 0 atom stereocenters. The van der Waals surface area contributed by atoms with Gasteiger partial charge in [-0.05, 0) is 31.5 Å². The number of anilines is 2. The number of hydrogen-bond acceptors (Lipinski definition) is 5. The highest BCUT2D eigenvalue weighted by Crippen LogP contribution is 2.13. The summed E-state index contributed by atoms with van der Waals surface area (Å²) in [6.07, 6.45) is 2.94. The Labute approximate surface area is 157 Å².